The zero-order chi connectivity index (χ0) is 16.3. The molecule has 0 spiro atoms. The summed E-state index contributed by atoms with van der Waals surface area (Å²) in [4.78, 5) is 4.57. The number of hydrogen-bond acceptors (Lipinski definition) is 5. The zero-order valence-corrected chi connectivity index (χ0v) is 14.7. The summed E-state index contributed by atoms with van der Waals surface area (Å²) in [5, 5.41) is 8.00. The van der Waals surface area contributed by atoms with Crippen LogP contribution in [0.3, 0.4) is 0 Å². The van der Waals surface area contributed by atoms with Gasteiger partial charge in [-0.1, -0.05) is 13.8 Å². The molecule has 22 heavy (non-hydrogen) atoms. The van der Waals surface area contributed by atoms with E-state index >= 15 is 0 Å². The van der Waals surface area contributed by atoms with Gasteiger partial charge in [-0.25, -0.2) is 22.4 Å². The first-order chi connectivity index (χ1) is 10.3. The first-order valence-corrected chi connectivity index (χ1v) is 9.47. The molecule has 2 heterocycles. The Morgan fingerprint density at radius 2 is 2.14 bits per heavy atom. The maximum absolute atomic E-state index is 11.7. The lowest BCUT2D eigenvalue weighted by molar-refractivity contribution is 0.359. The molecule has 1 aliphatic rings. The molecule has 1 N–H and O–H groups in total. The van der Waals surface area contributed by atoms with E-state index in [0.29, 0.717) is 24.9 Å². The van der Waals surface area contributed by atoms with Crippen LogP contribution in [-0.2, 0) is 23.0 Å². The Kier molecular flexibility index (Phi) is 5.57. The maximum atomic E-state index is 11.7. The van der Waals surface area contributed by atoms with E-state index in [1.54, 1.807) is 14.1 Å². The van der Waals surface area contributed by atoms with Crippen LogP contribution in [0.5, 0.6) is 0 Å². The Morgan fingerprint density at radius 3 is 2.77 bits per heavy atom. The van der Waals surface area contributed by atoms with Crippen molar-refractivity contribution in [2.24, 2.45) is 0 Å². The SMILES string of the molecule is CC(C)c1nc2n(n1)CC(NCCCS(=O)(=O)N(C)C)CC2. The molecule has 0 aliphatic carbocycles. The van der Waals surface area contributed by atoms with Crippen molar-refractivity contribution in [1.29, 1.82) is 0 Å². The quantitative estimate of drug-likeness (QED) is 0.741. The molecule has 7 nitrogen and oxygen atoms in total. The van der Waals surface area contributed by atoms with Crippen molar-refractivity contribution in [2.75, 3.05) is 26.4 Å². The average molecular weight is 329 g/mol. The van der Waals surface area contributed by atoms with E-state index in [2.05, 4.69) is 29.2 Å². The highest BCUT2D eigenvalue weighted by Gasteiger charge is 2.22. The molecule has 0 aromatic carbocycles. The molecule has 0 saturated heterocycles. The Labute approximate surface area is 133 Å². The number of aryl methyl sites for hydroxylation is 1. The minimum Gasteiger partial charge on any atom is -0.312 e. The molecule has 1 aromatic rings. The van der Waals surface area contributed by atoms with Crippen molar-refractivity contribution in [2.45, 2.75) is 51.6 Å². The van der Waals surface area contributed by atoms with Gasteiger partial charge in [-0.2, -0.15) is 5.10 Å². The third-order valence-electron chi connectivity index (χ3n) is 3.96. The van der Waals surface area contributed by atoms with E-state index < -0.39 is 10.0 Å². The summed E-state index contributed by atoms with van der Waals surface area (Å²) >= 11 is 0. The summed E-state index contributed by atoms with van der Waals surface area (Å²) in [6.45, 7) is 5.72. The van der Waals surface area contributed by atoms with Crippen LogP contribution in [-0.4, -0.2) is 59.9 Å². The number of sulfonamides is 1. The van der Waals surface area contributed by atoms with Gasteiger partial charge in [-0.15, -0.1) is 0 Å². The molecule has 2 rings (SSSR count). The second-order valence-corrected chi connectivity index (χ2v) is 8.67. The normalized spacial score (nSPS) is 18.9. The fourth-order valence-corrected chi connectivity index (χ4v) is 3.36. The molecular formula is C14H27N5O2S. The summed E-state index contributed by atoms with van der Waals surface area (Å²) in [5.41, 5.74) is 0. The zero-order valence-electron chi connectivity index (χ0n) is 13.9. The van der Waals surface area contributed by atoms with Crippen molar-refractivity contribution in [3.63, 3.8) is 0 Å². The van der Waals surface area contributed by atoms with Gasteiger partial charge in [0.05, 0.1) is 12.3 Å². The average Bonchev–Trinajstić information content (AvgIpc) is 2.86. The van der Waals surface area contributed by atoms with Crippen molar-refractivity contribution in [1.82, 2.24) is 24.4 Å². The van der Waals surface area contributed by atoms with Gasteiger partial charge < -0.3 is 5.32 Å². The second-order valence-electron chi connectivity index (χ2n) is 6.36. The van der Waals surface area contributed by atoms with Crippen LogP contribution < -0.4 is 5.32 Å². The third-order valence-corrected chi connectivity index (χ3v) is 5.88. The number of hydrogen-bond donors (Lipinski definition) is 1. The minimum absolute atomic E-state index is 0.186. The van der Waals surface area contributed by atoms with E-state index in [1.807, 2.05) is 4.68 Å². The fraction of sp³-hybridized carbons (Fsp3) is 0.857. The van der Waals surface area contributed by atoms with E-state index in [0.717, 1.165) is 31.0 Å². The lowest BCUT2D eigenvalue weighted by atomic mass is 10.1. The predicted octanol–water partition coefficient (Wildman–Crippen LogP) is 0.587. The molecule has 0 saturated carbocycles. The number of fused-ring (bicyclic) bond motifs is 1. The topological polar surface area (TPSA) is 80.1 Å². The molecule has 1 aromatic heterocycles. The molecule has 8 heteroatoms. The number of rotatable bonds is 7. The highest BCUT2D eigenvalue weighted by molar-refractivity contribution is 7.89. The smallest absolute Gasteiger partial charge is 0.213 e. The summed E-state index contributed by atoms with van der Waals surface area (Å²) in [7, 11) is 0.0535. The van der Waals surface area contributed by atoms with Gasteiger partial charge in [0.15, 0.2) is 5.82 Å². The maximum Gasteiger partial charge on any atom is 0.213 e. The lowest BCUT2D eigenvalue weighted by Gasteiger charge is -2.23. The molecular weight excluding hydrogens is 302 g/mol. The Morgan fingerprint density at radius 1 is 1.41 bits per heavy atom. The van der Waals surface area contributed by atoms with Gasteiger partial charge in [0.2, 0.25) is 10.0 Å². The first-order valence-electron chi connectivity index (χ1n) is 7.87. The lowest BCUT2D eigenvalue weighted by Crippen LogP contribution is -2.39. The van der Waals surface area contributed by atoms with E-state index in [-0.39, 0.29) is 5.75 Å². The van der Waals surface area contributed by atoms with Crippen molar-refractivity contribution in [3.8, 4) is 0 Å². The first kappa shape index (κ1) is 17.4. The van der Waals surface area contributed by atoms with Gasteiger partial charge in [-0.3, -0.25) is 0 Å². The largest absolute Gasteiger partial charge is 0.312 e. The monoisotopic (exact) mass is 329 g/mol. The Hall–Kier alpha value is -0.990. The molecule has 0 bridgehead atoms. The van der Waals surface area contributed by atoms with Gasteiger partial charge in [-0.05, 0) is 19.4 Å². The van der Waals surface area contributed by atoms with Crippen LogP contribution >= 0.6 is 0 Å². The molecule has 0 radical (unpaired) electrons. The third kappa shape index (κ3) is 4.27. The van der Waals surface area contributed by atoms with Crippen LogP contribution in [0.25, 0.3) is 0 Å². The summed E-state index contributed by atoms with van der Waals surface area (Å²) in [6.07, 6.45) is 2.57. The van der Waals surface area contributed by atoms with E-state index in [1.165, 1.54) is 4.31 Å². The predicted molar refractivity (Wildman–Crippen MR) is 86.3 cm³/mol. The van der Waals surface area contributed by atoms with Gasteiger partial charge in [0.25, 0.3) is 0 Å². The highest BCUT2D eigenvalue weighted by Crippen LogP contribution is 2.16. The molecule has 1 aliphatic heterocycles. The number of nitrogens with zero attached hydrogens (tertiary/aromatic N) is 4. The van der Waals surface area contributed by atoms with E-state index in [9.17, 15) is 8.42 Å². The van der Waals surface area contributed by atoms with Gasteiger partial charge in [0.1, 0.15) is 5.82 Å². The van der Waals surface area contributed by atoms with Crippen LogP contribution in [0.2, 0.25) is 0 Å². The molecule has 0 fully saturated rings. The van der Waals surface area contributed by atoms with Gasteiger partial charge >= 0.3 is 0 Å². The molecule has 1 atom stereocenters. The molecule has 0 amide bonds. The minimum atomic E-state index is -3.09. The van der Waals surface area contributed by atoms with Crippen molar-refractivity contribution < 1.29 is 8.42 Å². The summed E-state index contributed by atoms with van der Waals surface area (Å²) in [6, 6.07) is 0.344. The summed E-state index contributed by atoms with van der Waals surface area (Å²) in [5.74, 6) is 2.51. The van der Waals surface area contributed by atoms with Crippen molar-refractivity contribution >= 4 is 10.0 Å². The summed E-state index contributed by atoms with van der Waals surface area (Å²) < 4.78 is 26.6. The van der Waals surface area contributed by atoms with Crippen LogP contribution in [0.15, 0.2) is 0 Å². The van der Waals surface area contributed by atoms with Crippen LogP contribution in [0, 0.1) is 0 Å². The molecule has 1 unspecified atom stereocenters. The van der Waals surface area contributed by atoms with Crippen LogP contribution in [0.4, 0.5) is 0 Å². The Bertz CT molecular complexity index is 594. The van der Waals surface area contributed by atoms with Gasteiger partial charge in [0, 0.05) is 32.5 Å². The number of aromatic nitrogens is 3. The standard InChI is InChI=1S/C14H27N5O2S/c1-11(2)14-16-13-7-6-12(10-19(13)17-14)15-8-5-9-22(20,21)18(3)4/h11-12,15H,5-10H2,1-4H3. The number of nitrogens with one attached hydrogen (secondary N) is 1. The fourth-order valence-electron chi connectivity index (χ4n) is 2.48. The highest BCUT2D eigenvalue weighted by atomic mass is 32.2. The van der Waals surface area contributed by atoms with Crippen molar-refractivity contribution in [3.05, 3.63) is 11.6 Å². The van der Waals surface area contributed by atoms with E-state index in [4.69, 9.17) is 0 Å². The molecule has 126 valence electrons. The van der Waals surface area contributed by atoms with Crippen LogP contribution in [0.1, 0.15) is 44.3 Å². The Balaban J connectivity index is 1.79. The second kappa shape index (κ2) is 7.06.